The maximum Gasteiger partial charge on any atom is 0.337 e. The Labute approximate surface area is 185 Å². The number of aromatic amines is 1. The second kappa shape index (κ2) is 8.51. The van der Waals surface area contributed by atoms with Gasteiger partial charge in [-0.1, -0.05) is 36.4 Å². The highest BCUT2D eigenvalue weighted by atomic mass is 16.5. The van der Waals surface area contributed by atoms with Gasteiger partial charge in [-0.3, -0.25) is 5.10 Å². The molecule has 0 saturated carbocycles. The zero-order valence-electron chi connectivity index (χ0n) is 17.6. The summed E-state index contributed by atoms with van der Waals surface area (Å²) in [4.78, 5) is 17.0. The molecule has 0 aliphatic heterocycles. The van der Waals surface area contributed by atoms with Gasteiger partial charge in [-0.2, -0.15) is 5.10 Å². The molecule has 2 aromatic heterocycles. The number of pyridine rings is 1. The smallest absolute Gasteiger partial charge is 0.337 e. The highest BCUT2D eigenvalue weighted by Crippen LogP contribution is 2.30. The van der Waals surface area contributed by atoms with Crippen LogP contribution >= 0.6 is 0 Å². The summed E-state index contributed by atoms with van der Waals surface area (Å²) in [5.41, 5.74) is 6.35. The van der Waals surface area contributed by atoms with Crippen molar-refractivity contribution in [2.24, 2.45) is 0 Å². The molecule has 6 heteroatoms. The number of H-pyrrole nitrogens is 1. The van der Waals surface area contributed by atoms with E-state index in [1.807, 2.05) is 54.7 Å². The minimum absolute atomic E-state index is 0.364. The molecule has 5 aromatic rings. The Kier molecular flexibility index (Phi) is 5.25. The molecule has 0 aliphatic rings. The number of nitrogens with one attached hydrogen (secondary N) is 2. The van der Waals surface area contributed by atoms with E-state index in [4.69, 9.17) is 9.72 Å². The lowest BCUT2D eigenvalue weighted by Crippen LogP contribution is -2.07. The number of nitrogens with zero attached hydrogens (tertiary/aromatic N) is 2. The van der Waals surface area contributed by atoms with Crippen LogP contribution in [-0.4, -0.2) is 34.8 Å². The number of hydrogen-bond acceptors (Lipinski definition) is 5. The SMILES string of the molecule is COC(=O)c1ccc2nc(-c3ccc4[nH]ncc4c3)cc(NCCc3ccccc3)c2c1. The standard InChI is InChI=1S/C26H22N4O2/c1-32-26(31)19-8-10-23-21(14-19)25(27-12-11-17-5-3-2-4-6-17)15-24(29-23)18-7-9-22-20(13-18)16-28-30-22/h2-10,13-16H,11-12H2,1H3,(H,27,29)(H,28,30). The van der Waals surface area contributed by atoms with Crippen LogP contribution in [0.15, 0.2) is 79.0 Å². The summed E-state index contributed by atoms with van der Waals surface area (Å²) >= 11 is 0. The molecular formula is C26H22N4O2. The van der Waals surface area contributed by atoms with Gasteiger partial charge in [0.05, 0.1) is 35.6 Å². The van der Waals surface area contributed by atoms with Crippen molar-refractivity contribution in [3.63, 3.8) is 0 Å². The summed E-state index contributed by atoms with van der Waals surface area (Å²) in [5.74, 6) is -0.364. The number of carbonyl (C=O) groups excluding carboxylic acids is 1. The fourth-order valence-corrected chi connectivity index (χ4v) is 3.85. The van der Waals surface area contributed by atoms with Gasteiger partial charge in [-0.25, -0.2) is 9.78 Å². The molecule has 0 radical (unpaired) electrons. The molecule has 0 spiro atoms. The van der Waals surface area contributed by atoms with Crippen molar-refractivity contribution in [2.45, 2.75) is 6.42 Å². The summed E-state index contributed by atoms with van der Waals surface area (Å²) in [7, 11) is 1.39. The first kappa shape index (κ1) is 19.8. The van der Waals surface area contributed by atoms with Crippen molar-refractivity contribution in [3.05, 3.63) is 90.1 Å². The summed E-state index contributed by atoms with van der Waals surface area (Å²) in [6.45, 7) is 0.756. The molecule has 32 heavy (non-hydrogen) atoms. The Balaban J connectivity index is 1.55. The van der Waals surface area contributed by atoms with Crippen LogP contribution in [0.4, 0.5) is 5.69 Å². The van der Waals surface area contributed by atoms with Gasteiger partial charge in [0.1, 0.15) is 0 Å². The van der Waals surface area contributed by atoms with Gasteiger partial charge < -0.3 is 10.1 Å². The number of esters is 1. The summed E-state index contributed by atoms with van der Waals surface area (Å²) in [6.07, 6.45) is 2.69. The second-order valence-electron chi connectivity index (χ2n) is 7.61. The van der Waals surface area contributed by atoms with Crippen LogP contribution in [0.1, 0.15) is 15.9 Å². The third kappa shape index (κ3) is 3.90. The average molecular weight is 422 g/mol. The molecule has 6 nitrogen and oxygen atoms in total. The van der Waals surface area contributed by atoms with Gasteiger partial charge >= 0.3 is 5.97 Å². The van der Waals surface area contributed by atoms with E-state index in [1.165, 1.54) is 12.7 Å². The zero-order chi connectivity index (χ0) is 21.9. The Morgan fingerprint density at radius 2 is 1.91 bits per heavy atom. The van der Waals surface area contributed by atoms with Crippen LogP contribution in [0.5, 0.6) is 0 Å². The van der Waals surface area contributed by atoms with Gasteiger partial charge in [0.15, 0.2) is 0 Å². The van der Waals surface area contributed by atoms with Crippen molar-refractivity contribution in [3.8, 4) is 11.3 Å². The van der Waals surface area contributed by atoms with E-state index in [0.29, 0.717) is 5.56 Å². The molecule has 2 N–H and O–H groups in total. The minimum atomic E-state index is -0.364. The number of rotatable bonds is 6. The van der Waals surface area contributed by atoms with Gasteiger partial charge in [-0.15, -0.1) is 0 Å². The first-order valence-electron chi connectivity index (χ1n) is 10.5. The molecule has 2 heterocycles. The number of anilines is 1. The fraction of sp³-hybridized carbons (Fsp3) is 0.115. The van der Waals surface area contributed by atoms with Gasteiger partial charge in [-0.05, 0) is 48.4 Å². The quantitative estimate of drug-likeness (QED) is 0.367. The predicted molar refractivity (Wildman–Crippen MR) is 127 cm³/mol. The van der Waals surface area contributed by atoms with Crippen LogP contribution in [0.25, 0.3) is 33.1 Å². The van der Waals surface area contributed by atoms with Crippen molar-refractivity contribution in [2.75, 3.05) is 19.0 Å². The predicted octanol–water partition coefficient (Wildman–Crippen LogP) is 5.22. The molecule has 0 saturated heterocycles. The Morgan fingerprint density at radius 1 is 1.03 bits per heavy atom. The van der Waals surface area contributed by atoms with Crippen molar-refractivity contribution >= 4 is 33.5 Å². The van der Waals surface area contributed by atoms with Crippen LogP contribution in [-0.2, 0) is 11.2 Å². The average Bonchev–Trinajstić information content (AvgIpc) is 3.32. The van der Waals surface area contributed by atoms with E-state index in [0.717, 1.165) is 51.7 Å². The van der Waals surface area contributed by atoms with E-state index < -0.39 is 0 Å². The lowest BCUT2D eigenvalue weighted by molar-refractivity contribution is 0.0601. The van der Waals surface area contributed by atoms with Crippen molar-refractivity contribution in [1.29, 1.82) is 0 Å². The number of ether oxygens (including phenoxy) is 1. The molecule has 5 rings (SSSR count). The Bertz CT molecular complexity index is 1410. The van der Waals surface area contributed by atoms with Crippen molar-refractivity contribution in [1.82, 2.24) is 15.2 Å². The van der Waals surface area contributed by atoms with Gasteiger partial charge in [0, 0.05) is 28.6 Å². The normalized spacial score (nSPS) is 11.0. The Morgan fingerprint density at radius 3 is 2.75 bits per heavy atom. The maximum absolute atomic E-state index is 12.1. The monoisotopic (exact) mass is 422 g/mol. The van der Waals surface area contributed by atoms with Crippen LogP contribution < -0.4 is 5.32 Å². The number of fused-ring (bicyclic) bond motifs is 2. The van der Waals surface area contributed by atoms with Crippen LogP contribution in [0, 0.1) is 0 Å². The lowest BCUT2D eigenvalue weighted by atomic mass is 10.0. The van der Waals surface area contributed by atoms with E-state index >= 15 is 0 Å². The molecular weight excluding hydrogens is 400 g/mol. The van der Waals surface area contributed by atoms with E-state index in [-0.39, 0.29) is 5.97 Å². The molecule has 0 bridgehead atoms. The van der Waals surface area contributed by atoms with Crippen molar-refractivity contribution < 1.29 is 9.53 Å². The highest BCUT2D eigenvalue weighted by Gasteiger charge is 2.12. The summed E-state index contributed by atoms with van der Waals surface area (Å²) < 4.78 is 4.90. The molecule has 0 amide bonds. The number of hydrogen-bond donors (Lipinski definition) is 2. The van der Waals surface area contributed by atoms with Crippen LogP contribution in [0.2, 0.25) is 0 Å². The molecule has 158 valence electrons. The third-order valence-corrected chi connectivity index (χ3v) is 5.54. The maximum atomic E-state index is 12.1. The zero-order valence-corrected chi connectivity index (χ0v) is 17.6. The number of carbonyl (C=O) groups is 1. The number of benzene rings is 3. The third-order valence-electron chi connectivity index (χ3n) is 5.54. The molecule has 0 aliphatic carbocycles. The molecule has 0 fully saturated rings. The first-order chi connectivity index (χ1) is 15.7. The lowest BCUT2D eigenvalue weighted by Gasteiger charge is -2.13. The number of methoxy groups -OCH3 is 1. The van der Waals surface area contributed by atoms with Crippen LogP contribution in [0.3, 0.4) is 0 Å². The van der Waals surface area contributed by atoms with Gasteiger partial charge in [0.25, 0.3) is 0 Å². The first-order valence-corrected chi connectivity index (χ1v) is 10.5. The highest BCUT2D eigenvalue weighted by molar-refractivity contribution is 6.00. The molecule has 0 unspecified atom stereocenters. The van der Waals surface area contributed by atoms with E-state index in [9.17, 15) is 4.79 Å². The minimum Gasteiger partial charge on any atom is -0.465 e. The molecule has 3 aromatic carbocycles. The fourth-order valence-electron chi connectivity index (χ4n) is 3.85. The number of aromatic nitrogens is 3. The largest absolute Gasteiger partial charge is 0.465 e. The summed E-state index contributed by atoms with van der Waals surface area (Å²) in [6, 6.07) is 23.9. The van der Waals surface area contributed by atoms with E-state index in [1.54, 1.807) is 6.07 Å². The topological polar surface area (TPSA) is 79.9 Å². The Hall–Kier alpha value is -4.19. The van der Waals surface area contributed by atoms with Gasteiger partial charge in [0.2, 0.25) is 0 Å². The molecule has 0 atom stereocenters. The summed E-state index contributed by atoms with van der Waals surface area (Å²) in [5, 5.41) is 12.6. The van der Waals surface area contributed by atoms with E-state index in [2.05, 4.69) is 33.7 Å². The second-order valence-corrected chi connectivity index (χ2v) is 7.61.